The number of amides is 1. The standard InChI is InChI=1S/C25H33N3O4S2/c1-18(2)16-17-32-23-11-7-6-10-22(23)24(29)27-25(33)26-19-12-14-21(15-13-19)34(30,31)28-20-8-4-3-5-9-20/h6-7,10-15,18,20,28H,3-5,8-9,16-17H2,1-2H3,(H2,26,27,29,33). The van der Waals surface area contributed by atoms with Crippen molar-refractivity contribution in [3.8, 4) is 5.75 Å². The quantitative estimate of drug-likeness (QED) is 0.424. The highest BCUT2D eigenvalue weighted by Gasteiger charge is 2.22. The minimum atomic E-state index is -3.57. The van der Waals surface area contributed by atoms with Crippen molar-refractivity contribution in [3.05, 3.63) is 54.1 Å². The summed E-state index contributed by atoms with van der Waals surface area (Å²) in [5.74, 6) is 0.624. The summed E-state index contributed by atoms with van der Waals surface area (Å²) in [6, 6.07) is 13.3. The lowest BCUT2D eigenvalue weighted by molar-refractivity contribution is 0.0973. The fourth-order valence-corrected chi connectivity index (χ4v) is 5.26. The minimum Gasteiger partial charge on any atom is -0.493 e. The molecule has 0 bridgehead atoms. The Labute approximate surface area is 207 Å². The molecule has 184 valence electrons. The van der Waals surface area contributed by atoms with Crippen LogP contribution in [0.3, 0.4) is 0 Å². The molecule has 7 nitrogen and oxygen atoms in total. The van der Waals surface area contributed by atoms with E-state index < -0.39 is 10.0 Å². The van der Waals surface area contributed by atoms with Gasteiger partial charge in [-0.05, 0) is 73.8 Å². The first-order valence-electron chi connectivity index (χ1n) is 11.7. The number of carbonyl (C=O) groups excluding carboxylic acids is 1. The van der Waals surface area contributed by atoms with E-state index >= 15 is 0 Å². The lowest BCUT2D eigenvalue weighted by Gasteiger charge is -2.22. The Balaban J connectivity index is 1.56. The fourth-order valence-electron chi connectivity index (χ4n) is 3.74. The highest BCUT2D eigenvalue weighted by atomic mass is 32.2. The Hall–Kier alpha value is -2.49. The van der Waals surface area contributed by atoms with Crippen LogP contribution in [0, 0.1) is 5.92 Å². The molecule has 0 heterocycles. The molecule has 34 heavy (non-hydrogen) atoms. The first-order chi connectivity index (χ1) is 16.2. The topological polar surface area (TPSA) is 96.5 Å². The third kappa shape index (κ3) is 7.78. The van der Waals surface area contributed by atoms with Crippen LogP contribution in [-0.2, 0) is 10.0 Å². The SMILES string of the molecule is CC(C)CCOc1ccccc1C(=O)NC(=S)Nc1ccc(S(=O)(=O)NC2CCCCC2)cc1. The Bertz CT molecular complexity index is 1080. The van der Waals surface area contributed by atoms with Gasteiger partial charge in [-0.25, -0.2) is 13.1 Å². The van der Waals surface area contributed by atoms with Crippen LogP contribution in [0.1, 0.15) is 62.7 Å². The van der Waals surface area contributed by atoms with Gasteiger partial charge >= 0.3 is 0 Å². The van der Waals surface area contributed by atoms with E-state index in [2.05, 4.69) is 29.2 Å². The average molecular weight is 504 g/mol. The monoisotopic (exact) mass is 503 g/mol. The van der Waals surface area contributed by atoms with Gasteiger partial charge in [0.15, 0.2) is 5.11 Å². The van der Waals surface area contributed by atoms with Crippen molar-refractivity contribution in [1.29, 1.82) is 0 Å². The second kappa shape index (κ2) is 12.3. The molecule has 1 amide bonds. The number of rotatable bonds is 9. The van der Waals surface area contributed by atoms with E-state index in [9.17, 15) is 13.2 Å². The summed E-state index contributed by atoms with van der Waals surface area (Å²) in [5, 5.41) is 5.69. The molecule has 1 aliphatic carbocycles. The maximum absolute atomic E-state index is 12.7. The van der Waals surface area contributed by atoms with Crippen molar-refractivity contribution < 1.29 is 17.9 Å². The van der Waals surface area contributed by atoms with Crippen LogP contribution in [0.15, 0.2) is 53.4 Å². The molecule has 3 rings (SSSR count). The normalized spacial score (nSPS) is 14.6. The van der Waals surface area contributed by atoms with E-state index in [4.69, 9.17) is 17.0 Å². The van der Waals surface area contributed by atoms with E-state index in [1.54, 1.807) is 30.3 Å². The maximum Gasteiger partial charge on any atom is 0.261 e. The number of hydrogen-bond donors (Lipinski definition) is 3. The Kier molecular flexibility index (Phi) is 9.44. The molecule has 2 aromatic rings. The lowest BCUT2D eigenvalue weighted by Crippen LogP contribution is -2.36. The van der Waals surface area contributed by atoms with Crippen LogP contribution in [-0.4, -0.2) is 32.1 Å². The zero-order valence-corrected chi connectivity index (χ0v) is 21.3. The molecule has 1 aliphatic rings. The zero-order valence-electron chi connectivity index (χ0n) is 19.7. The first-order valence-corrected chi connectivity index (χ1v) is 13.6. The van der Waals surface area contributed by atoms with Gasteiger partial charge in [0.25, 0.3) is 5.91 Å². The number of benzene rings is 2. The third-order valence-corrected chi connectivity index (χ3v) is 7.40. The van der Waals surface area contributed by atoms with Gasteiger partial charge in [0.2, 0.25) is 10.0 Å². The summed E-state index contributed by atoms with van der Waals surface area (Å²) < 4.78 is 33.9. The summed E-state index contributed by atoms with van der Waals surface area (Å²) in [6.45, 7) is 4.75. The Morgan fingerprint density at radius 1 is 1.06 bits per heavy atom. The largest absolute Gasteiger partial charge is 0.493 e. The zero-order chi connectivity index (χ0) is 24.6. The highest BCUT2D eigenvalue weighted by molar-refractivity contribution is 7.89. The smallest absolute Gasteiger partial charge is 0.261 e. The number of carbonyl (C=O) groups is 1. The summed E-state index contributed by atoms with van der Waals surface area (Å²) in [4.78, 5) is 12.9. The number of thiocarbonyl (C=S) groups is 1. The summed E-state index contributed by atoms with van der Waals surface area (Å²) in [7, 11) is -3.57. The molecule has 0 radical (unpaired) electrons. The molecule has 2 aromatic carbocycles. The van der Waals surface area contributed by atoms with Crippen molar-refractivity contribution in [2.75, 3.05) is 11.9 Å². The number of para-hydroxylation sites is 1. The minimum absolute atomic E-state index is 0.00317. The maximum atomic E-state index is 12.7. The van der Waals surface area contributed by atoms with Gasteiger partial charge in [-0.3, -0.25) is 10.1 Å². The number of nitrogens with one attached hydrogen (secondary N) is 3. The second-order valence-electron chi connectivity index (χ2n) is 8.92. The van der Waals surface area contributed by atoms with Crippen molar-refractivity contribution in [1.82, 2.24) is 10.0 Å². The van der Waals surface area contributed by atoms with Gasteiger partial charge in [0, 0.05) is 11.7 Å². The Morgan fingerprint density at radius 2 is 1.74 bits per heavy atom. The van der Waals surface area contributed by atoms with Crippen LogP contribution in [0.4, 0.5) is 5.69 Å². The van der Waals surface area contributed by atoms with Crippen LogP contribution in [0.5, 0.6) is 5.75 Å². The average Bonchev–Trinajstić information content (AvgIpc) is 2.80. The molecule has 9 heteroatoms. The molecule has 0 spiro atoms. The molecule has 0 aromatic heterocycles. The van der Waals surface area contributed by atoms with Crippen molar-refractivity contribution in [2.24, 2.45) is 5.92 Å². The predicted octanol–water partition coefficient (Wildman–Crippen LogP) is 4.85. The molecule has 0 unspecified atom stereocenters. The highest BCUT2D eigenvalue weighted by Crippen LogP contribution is 2.21. The molecular formula is C25H33N3O4S2. The van der Waals surface area contributed by atoms with Gasteiger partial charge in [-0.2, -0.15) is 0 Å². The van der Waals surface area contributed by atoms with E-state index in [0.717, 1.165) is 38.5 Å². The van der Waals surface area contributed by atoms with E-state index in [1.807, 2.05) is 6.07 Å². The van der Waals surface area contributed by atoms with Crippen LogP contribution >= 0.6 is 12.2 Å². The second-order valence-corrected chi connectivity index (χ2v) is 11.0. The Morgan fingerprint density at radius 3 is 2.41 bits per heavy atom. The number of anilines is 1. The third-order valence-electron chi connectivity index (χ3n) is 5.66. The van der Waals surface area contributed by atoms with E-state index in [0.29, 0.717) is 29.5 Å². The summed E-state index contributed by atoms with van der Waals surface area (Å²) >= 11 is 5.28. The molecule has 1 saturated carbocycles. The molecule has 0 aliphatic heterocycles. The van der Waals surface area contributed by atoms with Crippen molar-refractivity contribution in [3.63, 3.8) is 0 Å². The van der Waals surface area contributed by atoms with Crippen molar-refractivity contribution in [2.45, 2.75) is 63.3 Å². The predicted molar refractivity (Wildman–Crippen MR) is 139 cm³/mol. The van der Waals surface area contributed by atoms with Crippen LogP contribution < -0.4 is 20.1 Å². The van der Waals surface area contributed by atoms with Crippen LogP contribution in [0.2, 0.25) is 0 Å². The molecule has 3 N–H and O–H groups in total. The van der Waals surface area contributed by atoms with E-state index in [1.165, 1.54) is 12.1 Å². The lowest BCUT2D eigenvalue weighted by atomic mass is 9.96. The fraction of sp³-hybridized carbons (Fsp3) is 0.440. The molecule has 0 atom stereocenters. The number of sulfonamides is 1. The molecule has 0 saturated heterocycles. The first kappa shape index (κ1) is 26.1. The van der Waals surface area contributed by atoms with Gasteiger partial charge in [-0.15, -0.1) is 0 Å². The number of ether oxygens (including phenoxy) is 1. The van der Waals surface area contributed by atoms with Gasteiger partial charge < -0.3 is 10.1 Å². The van der Waals surface area contributed by atoms with Crippen molar-refractivity contribution >= 4 is 38.9 Å². The summed E-state index contributed by atoms with van der Waals surface area (Å²) in [5.41, 5.74) is 0.967. The molecule has 1 fully saturated rings. The van der Waals surface area contributed by atoms with Gasteiger partial charge in [0.05, 0.1) is 17.1 Å². The van der Waals surface area contributed by atoms with E-state index in [-0.39, 0.29) is 22.0 Å². The van der Waals surface area contributed by atoms with Gasteiger partial charge in [0.1, 0.15) is 5.75 Å². The van der Waals surface area contributed by atoms with Crippen LogP contribution in [0.25, 0.3) is 0 Å². The molecular weight excluding hydrogens is 470 g/mol. The summed E-state index contributed by atoms with van der Waals surface area (Å²) in [6.07, 6.45) is 5.89. The van der Waals surface area contributed by atoms with Gasteiger partial charge in [-0.1, -0.05) is 45.2 Å². The number of hydrogen-bond acceptors (Lipinski definition) is 5.